The molecule has 5 heteroatoms. The molecule has 0 spiro atoms. The van der Waals surface area contributed by atoms with Crippen LogP contribution in [0.25, 0.3) is 0 Å². The third kappa shape index (κ3) is 5.77. The van der Waals surface area contributed by atoms with Gasteiger partial charge in [-0.15, -0.1) is 0 Å². The van der Waals surface area contributed by atoms with Crippen molar-refractivity contribution < 1.29 is 8.42 Å². The maximum Gasteiger partial charge on any atom is 0.148 e. The molecule has 1 atom stereocenters. The largest absolute Gasteiger partial charge is 0.298 e. The average Bonchev–Trinajstić information content (AvgIpc) is 2.58. The van der Waals surface area contributed by atoms with Crippen molar-refractivity contribution in [1.29, 1.82) is 0 Å². The van der Waals surface area contributed by atoms with Gasteiger partial charge in [0.25, 0.3) is 0 Å². The van der Waals surface area contributed by atoms with Crippen LogP contribution in [0.3, 0.4) is 0 Å². The van der Waals surface area contributed by atoms with E-state index in [0.29, 0.717) is 12.6 Å². The molecule has 0 aliphatic carbocycles. The van der Waals surface area contributed by atoms with E-state index in [9.17, 15) is 8.42 Å². The molecule has 0 saturated carbocycles. The molecule has 1 aliphatic rings. The minimum Gasteiger partial charge on any atom is -0.298 e. The number of nitrogens with zero attached hydrogens (tertiary/aromatic N) is 2. The van der Waals surface area contributed by atoms with E-state index >= 15 is 0 Å². The SMILES string of the molecule is C[C@H]1CN(Cc2ccccc2)CCCN1CCS(C)(=O)=O. The lowest BCUT2D eigenvalue weighted by Crippen LogP contribution is -2.40. The first-order chi connectivity index (χ1) is 9.94. The molecule has 1 aliphatic heterocycles. The van der Waals surface area contributed by atoms with Crippen molar-refractivity contribution >= 4 is 9.84 Å². The molecule has 0 unspecified atom stereocenters. The Morgan fingerprint density at radius 1 is 1.19 bits per heavy atom. The Balaban J connectivity index is 1.89. The van der Waals surface area contributed by atoms with Crippen LogP contribution < -0.4 is 0 Å². The molecule has 2 rings (SSSR count). The second-order valence-electron chi connectivity index (χ2n) is 6.09. The van der Waals surface area contributed by atoms with Crippen LogP contribution >= 0.6 is 0 Å². The molecule has 1 aromatic carbocycles. The van der Waals surface area contributed by atoms with E-state index in [1.165, 1.54) is 11.8 Å². The van der Waals surface area contributed by atoms with Crippen molar-refractivity contribution in [3.8, 4) is 0 Å². The minimum absolute atomic E-state index is 0.260. The van der Waals surface area contributed by atoms with E-state index in [0.717, 1.165) is 32.6 Å². The molecule has 1 aromatic rings. The number of hydrogen-bond donors (Lipinski definition) is 0. The fourth-order valence-electron chi connectivity index (χ4n) is 2.90. The van der Waals surface area contributed by atoms with E-state index < -0.39 is 9.84 Å². The van der Waals surface area contributed by atoms with Gasteiger partial charge in [0.15, 0.2) is 0 Å². The van der Waals surface area contributed by atoms with Crippen LogP contribution in [0.5, 0.6) is 0 Å². The molecule has 1 saturated heterocycles. The minimum atomic E-state index is -2.88. The molecule has 1 fully saturated rings. The molecular formula is C16H26N2O2S. The first-order valence-electron chi connectivity index (χ1n) is 7.62. The number of sulfone groups is 1. The maximum atomic E-state index is 11.3. The topological polar surface area (TPSA) is 40.6 Å². The second-order valence-corrected chi connectivity index (χ2v) is 8.35. The smallest absolute Gasteiger partial charge is 0.148 e. The summed E-state index contributed by atoms with van der Waals surface area (Å²) in [7, 11) is -2.88. The zero-order valence-electron chi connectivity index (χ0n) is 13.0. The fraction of sp³-hybridized carbons (Fsp3) is 0.625. The molecule has 0 bridgehead atoms. The van der Waals surface area contributed by atoms with Crippen molar-refractivity contribution in [3.63, 3.8) is 0 Å². The summed E-state index contributed by atoms with van der Waals surface area (Å²) in [5.74, 6) is 0.260. The van der Waals surface area contributed by atoms with Gasteiger partial charge < -0.3 is 0 Å². The predicted octanol–water partition coefficient (Wildman–Crippen LogP) is 1.63. The van der Waals surface area contributed by atoms with Gasteiger partial charge >= 0.3 is 0 Å². The third-order valence-corrected chi connectivity index (χ3v) is 4.99. The first-order valence-corrected chi connectivity index (χ1v) is 9.68. The molecule has 21 heavy (non-hydrogen) atoms. The Kier molecular flexibility index (Phi) is 5.79. The van der Waals surface area contributed by atoms with Crippen molar-refractivity contribution in [2.75, 3.05) is 38.2 Å². The molecule has 1 heterocycles. The summed E-state index contributed by atoms with van der Waals surface area (Å²) >= 11 is 0. The number of benzene rings is 1. The highest BCUT2D eigenvalue weighted by Crippen LogP contribution is 2.13. The Labute approximate surface area is 128 Å². The van der Waals surface area contributed by atoms with Gasteiger partial charge in [0.2, 0.25) is 0 Å². The van der Waals surface area contributed by atoms with Crippen LogP contribution in [0, 0.1) is 0 Å². The van der Waals surface area contributed by atoms with Crippen LogP contribution in [0.4, 0.5) is 0 Å². The monoisotopic (exact) mass is 310 g/mol. The van der Waals surface area contributed by atoms with Crippen LogP contribution in [0.2, 0.25) is 0 Å². The summed E-state index contributed by atoms with van der Waals surface area (Å²) in [4.78, 5) is 4.78. The summed E-state index contributed by atoms with van der Waals surface area (Å²) in [6, 6.07) is 10.9. The predicted molar refractivity (Wildman–Crippen MR) is 87.1 cm³/mol. The molecular weight excluding hydrogens is 284 g/mol. The van der Waals surface area contributed by atoms with E-state index in [-0.39, 0.29) is 5.75 Å². The Morgan fingerprint density at radius 2 is 1.90 bits per heavy atom. The summed E-state index contributed by atoms with van der Waals surface area (Å²) in [5.41, 5.74) is 1.34. The highest BCUT2D eigenvalue weighted by Gasteiger charge is 2.22. The zero-order chi connectivity index (χ0) is 15.3. The molecule has 0 N–H and O–H groups in total. The zero-order valence-corrected chi connectivity index (χ0v) is 13.8. The number of hydrogen-bond acceptors (Lipinski definition) is 4. The van der Waals surface area contributed by atoms with Gasteiger partial charge in [-0.3, -0.25) is 9.80 Å². The van der Waals surface area contributed by atoms with Crippen LogP contribution in [-0.4, -0.2) is 62.4 Å². The molecule has 0 amide bonds. The van der Waals surface area contributed by atoms with Crippen molar-refractivity contribution in [2.24, 2.45) is 0 Å². The van der Waals surface area contributed by atoms with Crippen molar-refractivity contribution in [3.05, 3.63) is 35.9 Å². The third-order valence-electron chi connectivity index (χ3n) is 4.06. The van der Waals surface area contributed by atoms with Crippen LogP contribution in [-0.2, 0) is 16.4 Å². The second kappa shape index (κ2) is 7.38. The lowest BCUT2D eigenvalue weighted by molar-refractivity contribution is 0.195. The maximum absolute atomic E-state index is 11.3. The van der Waals surface area contributed by atoms with Gasteiger partial charge in [-0.1, -0.05) is 30.3 Å². The van der Waals surface area contributed by atoms with Crippen LogP contribution in [0.15, 0.2) is 30.3 Å². The highest BCUT2D eigenvalue weighted by atomic mass is 32.2. The standard InChI is InChI=1S/C16H26N2O2S/c1-15-13-17(14-16-7-4-3-5-8-16)9-6-10-18(15)11-12-21(2,19)20/h3-5,7-8,15H,6,9-14H2,1-2H3/t15-/m0/s1. The van der Waals surface area contributed by atoms with Gasteiger partial charge in [-0.25, -0.2) is 8.42 Å². The Bertz CT molecular complexity index is 530. The van der Waals surface area contributed by atoms with Gasteiger partial charge in [-0.2, -0.15) is 0 Å². The normalized spacial score (nSPS) is 22.1. The van der Waals surface area contributed by atoms with Crippen LogP contribution in [0.1, 0.15) is 18.9 Å². The van der Waals surface area contributed by atoms with E-state index in [1.54, 1.807) is 0 Å². The Morgan fingerprint density at radius 3 is 2.57 bits per heavy atom. The summed E-state index contributed by atoms with van der Waals surface area (Å²) in [6.45, 7) is 6.89. The van der Waals surface area contributed by atoms with E-state index in [4.69, 9.17) is 0 Å². The lowest BCUT2D eigenvalue weighted by Gasteiger charge is -2.28. The highest BCUT2D eigenvalue weighted by molar-refractivity contribution is 7.90. The summed E-state index contributed by atoms with van der Waals surface area (Å²) < 4.78 is 22.7. The van der Waals surface area contributed by atoms with E-state index in [2.05, 4.69) is 41.0 Å². The fourth-order valence-corrected chi connectivity index (χ4v) is 3.46. The summed E-state index contributed by atoms with van der Waals surface area (Å²) in [5, 5.41) is 0. The molecule has 0 radical (unpaired) electrons. The van der Waals surface area contributed by atoms with E-state index in [1.807, 2.05) is 6.07 Å². The first kappa shape index (κ1) is 16.5. The average molecular weight is 310 g/mol. The van der Waals surface area contributed by atoms with Gasteiger partial charge in [0.05, 0.1) is 5.75 Å². The van der Waals surface area contributed by atoms with Gasteiger partial charge in [-0.05, 0) is 32.0 Å². The molecule has 4 nitrogen and oxygen atoms in total. The quantitative estimate of drug-likeness (QED) is 0.829. The van der Waals surface area contributed by atoms with Crippen molar-refractivity contribution in [2.45, 2.75) is 25.9 Å². The summed E-state index contributed by atoms with van der Waals surface area (Å²) in [6.07, 6.45) is 2.41. The van der Waals surface area contributed by atoms with Gasteiger partial charge in [0, 0.05) is 31.9 Å². The Hall–Kier alpha value is -0.910. The van der Waals surface area contributed by atoms with Gasteiger partial charge in [0.1, 0.15) is 9.84 Å². The lowest BCUT2D eigenvalue weighted by atomic mass is 10.2. The number of rotatable bonds is 5. The van der Waals surface area contributed by atoms with Crippen molar-refractivity contribution in [1.82, 2.24) is 9.80 Å². The molecule has 118 valence electrons. The molecule has 0 aromatic heterocycles.